The van der Waals surface area contributed by atoms with Crippen LogP contribution in [0.3, 0.4) is 0 Å². The van der Waals surface area contributed by atoms with E-state index in [1.165, 1.54) is 0 Å². The van der Waals surface area contributed by atoms with E-state index in [0.717, 1.165) is 25.7 Å². The molecule has 0 aromatic rings. The number of unbranched alkanes of at least 4 members (excludes halogenated alkanes) is 2. The second-order valence-electron chi connectivity index (χ2n) is 5.97. The van der Waals surface area contributed by atoms with Crippen LogP contribution in [0.15, 0.2) is 0 Å². The Kier molecular flexibility index (Phi) is 15.1. The molecule has 0 bridgehead atoms. The molecule has 0 aliphatic rings. The second-order valence-corrected chi connectivity index (χ2v) is 5.97. The van der Waals surface area contributed by atoms with Gasteiger partial charge >= 0.3 is 17.9 Å². The molecule has 8 heteroatoms. The summed E-state index contributed by atoms with van der Waals surface area (Å²) in [4.78, 5) is 23.0. The molecular formula is C19H36O8. The number of carboxylic acid groups (broad SMARTS) is 1. The standard InChI is InChI=1S/C19H36O8/c1-5-9-14-25-19(26-15-10-6-2,18(23-7-3)24-8-4)27-17(22)13-11-12-16(20)21/h18H,5-15H2,1-4H3,(H,20,21). The van der Waals surface area contributed by atoms with Gasteiger partial charge in [0, 0.05) is 26.1 Å². The van der Waals surface area contributed by atoms with Crippen LogP contribution in [0, 0.1) is 0 Å². The van der Waals surface area contributed by atoms with Crippen LogP contribution in [0.4, 0.5) is 0 Å². The van der Waals surface area contributed by atoms with E-state index in [-0.39, 0.29) is 19.3 Å². The minimum absolute atomic E-state index is 0.0622. The maximum atomic E-state index is 12.3. The number of carbonyl (C=O) groups is 2. The predicted molar refractivity (Wildman–Crippen MR) is 99.1 cm³/mol. The van der Waals surface area contributed by atoms with Gasteiger partial charge in [0.05, 0.1) is 13.2 Å². The van der Waals surface area contributed by atoms with Crippen LogP contribution in [0.1, 0.15) is 72.6 Å². The Morgan fingerprint density at radius 3 is 1.78 bits per heavy atom. The summed E-state index contributed by atoms with van der Waals surface area (Å²) in [5.41, 5.74) is 0. The Morgan fingerprint density at radius 2 is 1.37 bits per heavy atom. The van der Waals surface area contributed by atoms with Gasteiger partial charge in [0.25, 0.3) is 6.29 Å². The van der Waals surface area contributed by atoms with Crippen molar-refractivity contribution in [3.05, 3.63) is 0 Å². The van der Waals surface area contributed by atoms with E-state index < -0.39 is 24.2 Å². The van der Waals surface area contributed by atoms with Gasteiger partial charge in [-0.2, -0.15) is 0 Å². The molecule has 8 nitrogen and oxygen atoms in total. The molecular weight excluding hydrogens is 356 g/mol. The van der Waals surface area contributed by atoms with Crippen molar-refractivity contribution in [1.82, 2.24) is 0 Å². The van der Waals surface area contributed by atoms with Crippen molar-refractivity contribution in [1.29, 1.82) is 0 Å². The van der Waals surface area contributed by atoms with Gasteiger partial charge in [-0.25, -0.2) is 0 Å². The van der Waals surface area contributed by atoms with Crippen LogP contribution < -0.4 is 0 Å². The molecule has 0 rings (SSSR count). The van der Waals surface area contributed by atoms with Crippen LogP contribution >= 0.6 is 0 Å². The van der Waals surface area contributed by atoms with Crippen molar-refractivity contribution in [2.24, 2.45) is 0 Å². The van der Waals surface area contributed by atoms with E-state index in [1.54, 1.807) is 13.8 Å². The number of aliphatic carboxylic acids is 1. The minimum Gasteiger partial charge on any atom is -0.481 e. The normalized spacial score (nSPS) is 11.7. The van der Waals surface area contributed by atoms with Gasteiger partial charge in [-0.15, -0.1) is 0 Å². The number of carboxylic acids is 1. The maximum Gasteiger partial charge on any atom is 0.383 e. The highest BCUT2D eigenvalue weighted by Crippen LogP contribution is 2.27. The summed E-state index contributed by atoms with van der Waals surface area (Å²) >= 11 is 0. The highest BCUT2D eigenvalue weighted by molar-refractivity contribution is 5.71. The molecule has 0 unspecified atom stereocenters. The number of hydrogen-bond donors (Lipinski definition) is 1. The van der Waals surface area contributed by atoms with E-state index >= 15 is 0 Å². The number of ether oxygens (including phenoxy) is 5. The first-order valence-electron chi connectivity index (χ1n) is 9.90. The van der Waals surface area contributed by atoms with Gasteiger partial charge in [0.15, 0.2) is 0 Å². The lowest BCUT2D eigenvalue weighted by Gasteiger charge is -2.37. The summed E-state index contributed by atoms with van der Waals surface area (Å²) in [5.74, 6) is -3.39. The summed E-state index contributed by atoms with van der Waals surface area (Å²) in [6.07, 6.45) is 2.24. The smallest absolute Gasteiger partial charge is 0.383 e. The van der Waals surface area contributed by atoms with Crippen LogP contribution in [0.5, 0.6) is 0 Å². The largest absolute Gasteiger partial charge is 0.481 e. The summed E-state index contributed by atoms with van der Waals surface area (Å²) in [5, 5.41) is 8.73. The minimum atomic E-state index is -1.81. The fourth-order valence-corrected chi connectivity index (χ4v) is 2.15. The zero-order valence-corrected chi connectivity index (χ0v) is 17.2. The van der Waals surface area contributed by atoms with E-state index in [1.807, 2.05) is 13.8 Å². The molecule has 27 heavy (non-hydrogen) atoms. The summed E-state index contributed by atoms with van der Waals surface area (Å²) in [7, 11) is 0. The molecule has 0 saturated heterocycles. The zero-order valence-electron chi connectivity index (χ0n) is 17.2. The molecule has 0 saturated carbocycles. The van der Waals surface area contributed by atoms with Gasteiger partial charge in [-0.3, -0.25) is 9.59 Å². The van der Waals surface area contributed by atoms with Crippen LogP contribution in [0.25, 0.3) is 0 Å². The lowest BCUT2D eigenvalue weighted by molar-refractivity contribution is -0.441. The van der Waals surface area contributed by atoms with E-state index in [0.29, 0.717) is 26.4 Å². The highest BCUT2D eigenvalue weighted by Gasteiger charge is 2.48. The molecule has 0 heterocycles. The van der Waals surface area contributed by atoms with Crippen molar-refractivity contribution >= 4 is 11.9 Å². The van der Waals surface area contributed by atoms with Crippen LogP contribution in [0.2, 0.25) is 0 Å². The molecule has 0 radical (unpaired) electrons. The fourth-order valence-electron chi connectivity index (χ4n) is 2.15. The van der Waals surface area contributed by atoms with E-state index in [9.17, 15) is 9.59 Å². The van der Waals surface area contributed by atoms with Crippen molar-refractivity contribution < 1.29 is 38.4 Å². The number of esters is 1. The molecule has 0 aromatic carbocycles. The van der Waals surface area contributed by atoms with Gasteiger partial charge < -0.3 is 28.8 Å². The van der Waals surface area contributed by atoms with Gasteiger partial charge in [0.1, 0.15) is 0 Å². The van der Waals surface area contributed by atoms with Crippen molar-refractivity contribution in [3.8, 4) is 0 Å². The predicted octanol–water partition coefficient (Wildman–Crippen LogP) is 3.47. The average molecular weight is 392 g/mol. The number of carbonyl (C=O) groups excluding carboxylic acids is 1. The lowest BCUT2D eigenvalue weighted by atomic mass is 10.2. The first kappa shape index (κ1) is 25.8. The van der Waals surface area contributed by atoms with Crippen LogP contribution in [-0.4, -0.2) is 55.7 Å². The second kappa shape index (κ2) is 15.8. The topological polar surface area (TPSA) is 101 Å². The molecule has 0 aliphatic heterocycles. The Morgan fingerprint density at radius 1 is 0.852 bits per heavy atom. The van der Waals surface area contributed by atoms with Gasteiger partial charge in [0.2, 0.25) is 0 Å². The summed E-state index contributed by atoms with van der Waals surface area (Å²) in [6.45, 7) is 8.87. The van der Waals surface area contributed by atoms with E-state index in [2.05, 4.69) is 0 Å². The maximum absolute atomic E-state index is 12.3. The molecule has 160 valence electrons. The third kappa shape index (κ3) is 11.3. The zero-order chi connectivity index (χ0) is 20.5. The molecule has 0 aromatic heterocycles. The lowest BCUT2D eigenvalue weighted by Crippen LogP contribution is -2.54. The summed E-state index contributed by atoms with van der Waals surface area (Å²) in [6, 6.07) is 0. The van der Waals surface area contributed by atoms with Gasteiger partial charge in [-0.1, -0.05) is 26.7 Å². The molecule has 0 fully saturated rings. The first-order valence-corrected chi connectivity index (χ1v) is 9.90. The Balaban J connectivity index is 5.35. The van der Waals surface area contributed by atoms with Crippen molar-refractivity contribution in [2.75, 3.05) is 26.4 Å². The van der Waals surface area contributed by atoms with Crippen LogP contribution in [-0.2, 0) is 33.3 Å². The molecule has 0 atom stereocenters. The number of hydrogen-bond acceptors (Lipinski definition) is 7. The molecule has 0 spiro atoms. The Bertz CT molecular complexity index is 383. The first-order chi connectivity index (χ1) is 13.0. The Hall–Kier alpha value is -1.22. The van der Waals surface area contributed by atoms with E-state index in [4.69, 9.17) is 28.8 Å². The monoisotopic (exact) mass is 392 g/mol. The Labute approximate surface area is 162 Å². The summed E-state index contributed by atoms with van der Waals surface area (Å²) < 4.78 is 28.5. The third-order valence-electron chi connectivity index (χ3n) is 3.55. The molecule has 1 N–H and O–H groups in total. The number of rotatable bonds is 18. The van der Waals surface area contributed by atoms with Crippen molar-refractivity contribution in [2.45, 2.75) is 84.9 Å². The van der Waals surface area contributed by atoms with Gasteiger partial charge in [-0.05, 0) is 33.1 Å². The third-order valence-corrected chi connectivity index (χ3v) is 3.55. The SMILES string of the molecule is CCCCOC(OCCCC)(OC(=O)CCCC(=O)O)C(OCC)OCC. The van der Waals surface area contributed by atoms with Crippen molar-refractivity contribution in [3.63, 3.8) is 0 Å². The fraction of sp³-hybridized carbons (Fsp3) is 0.895. The molecule has 0 amide bonds. The average Bonchev–Trinajstić information content (AvgIpc) is 2.61. The quantitative estimate of drug-likeness (QED) is 0.215. The molecule has 0 aliphatic carbocycles. The highest BCUT2D eigenvalue weighted by atomic mass is 16.9.